The molecule has 1 unspecified atom stereocenters. The van der Waals surface area contributed by atoms with Crippen molar-refractivity contribution in [3.05, 3.63) is 60.1 Å². The molecule has 1 heterocycles. The first-order chi connectivity index (χ1) is 9.68. The van der Waals surface area contributed by atoms with E-state index < -0.39 is 0 Å². The van der Waals surface area contributed by atoms with Gasteiger partial charge in [-0.25, -0.2) is 0 Å². The van der Waals surface area contributed by atoms with Crippen molar-refractivity contribution in [3.63, 3.8) is 0 Å². The van der Waals surface area contributed by atoms with Gasteiger partial charge < -0.3 is 14.6 Å². The summed E-state index contributed by atoms with van der Waals surface area (Å²) in [7, 11) is 2.15. The van der Waals surface area contributed by atoms with E-state index in [9.17, 15) is 0 Å². The van der Waals surface area contributed by atoms with E-state index in [4.69, 9.17) is 4.42 Å². The number of hydrogen-bond acceptors (Lipinski definition) is 3. The maximum absolute atomic E-state index is 5.58. The minimum absolute atomic E-state index is 0.117. The molecule has 0 bridgehead atoms. The van der Waals surface area contributed by atoms with Gasteiger partial charge in [0, 0.05) is 19.1 Å². The lowest BCUT2D eigenvalue weighted by Gasteiger charge is -2.23. The van der Waals surface area contributed by atoms with Crippen LogP contribution in [0.3, 0.4) is 0 Å². The summed E-state index contributed by atoms with van der Waals surface area (Å²) in [5.74, 6) is 0.961. The quantitative estimate of drug-likeness (QED) is 0.838. The van der Waals surface area contributed by atoms with Crippen LogP contribution >= 0.6 is 0 Å². The zero-order valence-electron chi connectivity index (χ0n) is 12.5. The molecule has 1 N–H and O–H groups in total. The largest absolute Gasteiger partial charge is 0.467 e. The van der Waals surface area contributed by atoms with Crippen molar-refractivity contribution in [2.45, 2.75) is 25.9 Å². The molecule has 3 nitrogen and oxygen atoms in total. The summed E-state index contributed by atoms with van der Waals surface area (Å²) < 4.78 is 5.58. The van der Waals surface area contributed by atoms with E-state index in [0.29, 0.717) is 6.04 Å². The predicted octanol–water partition coefficient (Wildman–Crippen LogP) is 3.30. The fourth-order valence-corrected chi connectivity index (χ4v) is 2.13. The summed E-state index contributed by atoms with van der Waals surface area (Å²) >= 11 is 0. The Balaban J connectivity index is 2.02. The van der Waals surface area contributed by atoms with Crippen LogP contribution < -0.4 is 5.32 Å². The van der Waals surface area contributed by atoms with Gasteiger partial charge in [0.15, 0.2) is 0 Å². The van der Waals surface area contributed by atoms with Gasteiger partial charge in [0.1, 0.15) is 5.76 Å². The summed E-state index contributed by atoms with van der Waals surface area (Å²) in [6.07, 6.45) is 1.73. The predicted molar refractivity (Wildman–Crippen MR) is 82.8 cm³/mol. The van der Waals surface area contributed by atoms with Crippen molar-refractivity contribution in [2.75, 3.05) is 20.1 Å². The lowest BCUT2D eigenvalue weighted by atomic mass is 10.0. The molecule has 1 aromatic heterocycles. The van der Waals surface area contributed by atoms with Gasteiger partial charge in [0.05, 0.1) is 12.3 Å². The van der Waals surface area contributed by atoms with Gasteiger partial charge in [-0.15, -0.1) is 0 Å². The number of hydrogen-bond donors (Lipinski definition) is 1. The normalized spacial score (nSPS) is 13.1. The minimum atomic E-state index is 0.117. The third kappa shape index (κ3) is 3.95. The third-order valence-electron chi connectivity index (χ3n) is 3.66. The highest BCUT2D eigenvalue weighted by Gasteiger charge is 2.16. The average molecular weight is 272 g/mol. The van der Waals surface area contributed by atoms with Crippen LogP contribution in [0.25, 0.3) is 0 Å². The minimum Gasteiger partial charge on any atom is -0.467 e. The van der Waals surface area contributed by atoms with Gasteiger partial charge in [-0.3, -0.25) is 0 Å². The first-order valence-corrected chi connectivity index (χ1v) is 7.20. The standard InChI is InChI=1S/C17H24N2O/c1-14(2)19(3)12-11-18-17(16-10-7-13-20-16)15-8-5-4-6-9-15/h4-10,13-14,17-18H,11-12H2,1-3H3. The van der Waals surface area contributed by atoms with Gasteiger partial charge in [-0.2, -0.15) is 0 Å². The molecule has 1 aromatic carbocycles. The molecule has 0 aliphatic rings. The van der Waals surface area contributed by atoms with Crippen LogP contribution in [0.15, 0.2) is 53.1 Å². The summed E-state index contributed by atoms with van der Waals surface area (Å²) in [5, 5.41) is 3.59. The molecule has 0 fully saturated rings. The summed E-state index contributed by atoms with van der Waals surface area (Å²) in [4.78, 5) is 2.33. The van der Waals surface area contributed by atoms with E-state index >= 15 is 0 Å². The van der Waals surface area contributed by atoms with Crippen molar-refractivity contribution in [2.24, 2.45) is 0 Å². The Labute approximate surface area is 121 Å². The smallest absolute Gasteiger partial charge is 0.125 e. The molecule has 0 aliphatic carbocycles. The highest BCUT2D eigenvalue weighted by molar-refractivity contribution is 5.26. The molecule has 0 saturated carbocycles. The summed E-state index contributed by atoms with van der Waals surface area (Å²) in [6, 6.07) is 15.1. The van der Waals surface area contributed by atoms with Crippen LogP contribution in [-0.2, 0) is 0 Å². The molecule has 3 heteroatoms. The Hall–Kier alpha value is -1.58. The molecule has 0 amide bonds. The summed E-state index contributed by atoms with van der Waals surface area (Å²) in [6.45, 7) is 6.36. The number of benzene rings is 1. The molecule has 20 heavy (non-hydrogen) atoms. The van der Waals surface area contributed by atoms with E-state index in [1.54, 1.807) is 6.26 Å². The van der Waals surface area contributed by atoms with Gasteiger partial charge in [0.2, 0.25) is 0 Å². The van der Waals surface area contributed by atoms with E-state index in [-0.39, 0.29) is 6.04 Å². The van der Waals surface area contributed by atoms with E-state index in [0.717, 1.165) is 18.8 Å². The molecule has 0 saturated heterocycles. The van der Waals surface area contributed by atoms with Crippen LogP contribution in [0.2, 0.25) is 0 Å². The monoisotopic (exact) mass is 272 g/mol. The Morgan fingerprint density at radius 2 is 1.85 bits per heavy atom. The molecule has 0 radical (unpaired) electrons. The van der Waals surface area contributed by atoms with Crippen molar-refractivity contribution in [3.8, 4) is 0 Å². The first-order valence-electron chi connectivity index (χ1n) is 7.20. The van der Waals surface area contributed by atoms with Gasteiger partial charge in [-0.05, 0) is 38.6 Å². The Kier molecular flexibility index (Phi) is 5.39. The molecular formula is C17H24N2O. The molecule has 0 aliphatic heterocycles. The lowest BCUT2D eigenvalue weighted by Crippen LogP contribution is -2.35. The van der Waals surface area contributed by atoms with E-state index in [1.165, 1.54) is 5.56 Å². The highest BCUT2D eigenvalue weighted by Crippen LogP contribution is 2.21. The number of furan rings is 1. The first kappa shape index (κ1) is 14.8. The number of likely N-dealkylation sites (N-methyl/N-ethyl adjacent to an activating group) is 1. The second-order valence-corrected chi connectivity index (χ2v) is 5.39. The maximum Gasteiger partial charge on any atom is 0.125 e. The molecule has 0 spiro atoms. The third-order valence-corrected chi connectivity index (χ3v) is 3.66. The Morgan fingerprint density at radius 3 is 2.45 bits per heavy atom. The Morgan fingerprint density at radius 1 is 1.10 bits per heavy atom. The van der Waals surface area contributed by atoms with Crippen LogP contribution in [-0.4, -0.2) is 31.1 Å². The lowest BCUT2D eigenvalue weighted by molar-refractivity contribution is 0.269. The molecular weight excluding hydrogens is 248 g/mol. The second kappa shape index (κ2) is 7.27. The molecule has 2 rings (SSSR count). The maximum atomic E-state index is 5.58. The number of nitrogens with one attached hydrogen (secondary N) is 1. The zero-order chi connectivity index (χ0) is 14.4. The van der Waals surface area contributed by atoms with Gasteiger partial charge in [0.25, 0.3) is 0 Å². The topological polar surface area (TPSA) is 28.4 Å². The van der Waals surface area contributed by atoms with Crippen molar-refractivity contribution in [1.82, 2.24) is 10.2 Å². The molecule has 1 atom stereocenters. The second-order valence-electron chi connectivity index (χ2n) is 5.39. The zero-order valence-corrected chi connectivity index (χ0v) is 12.5. The van der Waals surface area contributed by atoms with Crippen LogP contribution in [0.5, 0.6) is 0 Å². The highest BCUT2D eigenvalue weighted by atomic mass is 16.3. The van der Waals surface area contributed by atoms with E-state index in [1.807, 2.05) is 18.2 Å². The molecule has 108 valence electrons. The molecule has 2 aromatic rings. The van der Waals surface area contributed by atoms with E-state index in [2.05, 4.69) is 55.4 Å². The fraction of sp³-hybridized carbons (Fsp3) is 0.412. The summed E-state index contributed by atoms with van der Waals surface area (Å²) in [5.41, 5.74) is 1.23. The van der Waals surface area contributed by atoms with Gasteiger partial charge in [-0.1, -0.05) is 30.3 Å². The van der Waals surface area contributed by atoms with Crippen LogP contribution in [0.4, 0.5) is 0 Å². The Bertz CT molecular complexity index is 479. The number of rotatable bonds is 7. The average Bonchev–Trinajstić information content (AvgIpc) is 2.98. The number of nitrogens with zero attached hydrogens (tertiary/aromatic N) is 1. The van der Waals surface area contributed by atoms with Crippen molar-refractivity contribution >= 4 is 0 Å². The van der Waals surface area contributed by atoms with Gasteiger partial charge >= 0.3 is 0 Å². The van der Waals surface area contributed by atoms with Crippen LogP contribution in [0.1, 0.15) is 31.2 Å². The van der Waals surface area contributed by atoms with Crippen LogP contribution in [0, 0.1) is 0 Å². The SMILES string of the molecule is CC(C)N(C)CCNC(c1ccccc1)c1ccco1. The van der Waals surface area contributed by atoms with Crippen molar-refractivity contribution in [1.29, 1.82) is 0 Å². The van der Waals surface area contributed by atoms with Crippen molar-refractivity contribution < 1.29 is 4.42 Å². The fourth-order valence-electron chi connectivity index (χ4n) is 2.13.